The number of hydrogen-bond donors (Lipinski definition) is 2. The number of carbonyl (C=O) groups excluding carboxylic acids is 1. The highest BCUT2D eigenvalue weighted by Crippen LogP contribution is 2.24. The second-order valence-electron chi connectivity index (χ2n) is 9.99. The van der Waals surface area contributed by atoms with Crippen LogP contribution in [0, 0.1) is 5.92 Å². The standard InChI is InChI=1S/C24H47NO4/c1-6-7-8-9-10-11-12-13-14-15-16-17-18-21(2)23(28)24(29,19-22(26)27)20-25(3,4)5/h21,29H,6-20H2,1-5H3/p+1. The summed E-state index contributed by atoms with van der Waals surface area (Å²) < 4.78 is 0.348. The molecule has 0 fully saturated rings. The van der Waals surface area contributed by atoms with Gasteiger partial charge in [0.15, 0.2) is 11.4 Å². The third-order valence-corrected chi connectivity index (χ3v) is 5.58. The van der Waals surface area contributed by atoms with E-state index in [0.29, 0.717) is 4.48 Å². The molecule has 0 heterocycles. The van der Waals surface area contributed by atoms with Crippen molar-refractivity contribution in [1.29, 1.82) is 0 Å². The van der Waals surface area contributed by atoms with Crippen LogP contribution in [-0.2, 0) is 9.59 Å². The molecule has 5 nitrogen and oxygen atoms in total. The minimum Gasteiger partial charge on any atom is -0.481 e. The molecule has 2 atom stereocenters. The minimum atomic E-state index is -1.79. The Hall–Kier alpha value is -0.940. The average molecular weight is 415 g/mol. The first-order valence-electron chi connectivity index (χ1n) is 11.8. The van der Waals surface area contributed by atoms with Crippen molar-refractivity contribution >= 4 is 11.8 Å². The highest BCUT2D eigenvalue weighted by Gasteiger charge is 2.44. The first-order valence-corrected chi connectivity index (χ1v) is 11.8. The summed E-state index contributed by atoms with van der Waals surface area (Å²) in [5.74, 6) is -1.77. The van der Waals surface area contributed by atoms with Gasteiger partial charge >= 0.3 is 5.97 Å². The van der Waals surface area contributed by atoms with Gasteiger partial charge in [-0.05, 0) is 6.42 Å². The zero-order valence-corrected chi connectivity index (χ0v) is 19.8. The Morgan fingerprint density at radius 2 is 1.24 bits per heavy atom. The molecule has 0 aliphatic heterocycles. The van der Waals surface area contributed by atoms with E-state index in [4.69, 9.17) is 5.11 Å². The van der Waals surface area contributed by atoms with Crippen molar-refractivity contribution in [2.75, 3.05) is 27.7 Å². The maximum absolute atomic E-state index is 12.8. The van der Waals surface area contributed by atoms with Gasteiger partial charge in [0.05, 0.1) is 27.6 Å². The van der Waals surface area contributed by atoms with E-state index in [1.165, 1.54) is 64.2 Å². The summed E-state index contributed by atoms with van der Waals surface area (Å²) in [7, 11) is 5.57. The number of quaternary nitrogens is 1. The smallest absolute Gasteiger partial charge is 0.306 e. The fourth-order valence-corrected chi connectivity index (χ4v) is 4.14. The molecule has 172 valence electrons. The van der Waals surface area contributed by atoms with Crippen molar-refractivity contribution in [1.82, 2.24) is 0 Å². The van der Waals surface area contributed by atoms with Gasteiger partial charge < -0.3 is 14.7 Å². The zero-order valence-electron chi connectivity index (χ0n) is 19.8. The molecule has 29 heavy (non-hydrogen) atoms. The van der Waals surface area contributed by atoms with Gasteiger partial charge in [-0.3, -0.25) is 9.59 Å². The number of hydrogen-bond acceptors (Lipinski definition) is 3. The Morgan fingerprint density at radius 1 is 0.828 bits per heavy atom. The molecule has 0 aromatic rings. The van der Waals surface area contributed by atoms with E-state index in [1.807, 2.05) is 28.1 Å². The molecule has 0 rings (SSSR count). The number of aliphatic carboxylic acids is 1. The fourth-order valence-electron chi connectivity index (χ4n) is 4.14. The maximum Gasteiger partial charge on any atom is 0.306 e. The monoisotopic (exact) mass is 414 g/mol. The van der Waals surface area contributed by atoms with Gasteiger partial charge in [0.25, 0.3) is 0 Å². The molecule has 0 aromatic heterocycles. The molecule has 0 bridgehead atoms. The van der Waals surface area contributed by atoms with Crippen LogP contribution in [0.4, 0.5) is 0 Å². The maximum atomic E-state index is 12.8. The summed E-state index contributed by atoms with van der Waals surface area (Å²) in [6, 6.07) is 0. The van der Waals surface area contributed by atoms with Crippen LogP contribution in [0.1, 0.15) is 104 Å². The van der Waals surface area contributed by atoms with Crippen LogP contribution in [0.5, 0.6) is 0 Å². The lowest BCUT2D eigenvalue weighted by molar-refractivity contribution is -0.875. The quantitative estimate of drug-likeness (QED) is 0.225. The number of ketones is 1. The molecule has 0 aromatic carbocycles. The number of unbranched alkanes of at least 4 members (excludes halogenated alkanes) is 11. The summed E-state index contributed by atoms with van der Waals surface area (Å²) >= 11 is 0. The first-order chi connectivity index (χ1) is 13.5. The molecule has 2 unspecified atom stereocenters. The lowest BCUT2D eigenvalue weighted by atomic mass is 9.83. The van der Waals surface area contributed by atoms with Crippen molar-refractivity contribution in [3.8, 4) is 0 Å². The van der Waals surface area contributed by atoms with Crippen molar-refractivity contribution in [3.05, 3.63) is 0 Å². The minimum absolute atomic E-state index is 0.112. The molecule has 0 aliphatic rings. The molecule has 0 aliphatic carbocycles. The number of carboxylic acids is 1. The lowest BCUT2D eigenvalue weighted by Crippen LogP contribution is -2.56. The Kier molecular flexibility index (Phi) is 14.5. The van der Waals surface area contributed by atoms with E-state index < -0.39 is 18.0 Å². The predicted molar refractivity (Wildman–Crippen MR) is 120 cm³/mol. The first kappa shape index (κ1) is 28.1. The SMILES string of the molecule is CCCCCCCCCCCCCCC(C)C(=O)C(O)(CC(=O)O)C[N+](C)(C)C. The van der Waals surface area contributed by atoms with E-state index in [-0.39, 0.29) is 18.2 Å². The van der Waals surface area contributed by atoms with Crippen LogP contribution in [0.25, 0.3) is 0 Å². The van der Waals surface area contributed by atoms with Gasteiger partial charge in [-0.2, -0.15) is 0 Å². The van der Waals surface area contributed by atoms with Gasteiger partial charge in [0, 0.05) is 5.92 Å². The van der Waals surface area contributed by atoms with Gasteiger partial charge in [-0.1, -0.05) is 90.9 Å². The van der Waals surface area contributed by atoms with E-state index in [9.17, 15) is 14.7 Å². The van der Waals surface area contributed by atoms with Gasteiger partial charge in [0.1, 0.15) is 6.54 Å². The highest BCUT2D eigenvalue weighted by atomic mass is 16.4. The summed E-state index contributed by atoms with van der Waals surface area (Å²) in [5.41, 5.74) is -1.79. The number of aliphatic hydroxyl groups is 1. The molecule has 0 amide bonds. The Balaban J connectivity index is 4.06. The number of nitrogens with zero attached hydrogens (tertiary/aromatic N) is 1. The van der Waals surface area contributed by atoms with E-state index in [2.05, 4.69) is 6.92 Å². The van der Waals surface area contributed by atoms with E-state index in [0.717, 1.165) is 19.3 Å². The molecular formula is C24H48NO4+. The summed E-state index contributed by atoms with van der Waals surface area (Å²) in [5, 5.41) is 19.9. The predicted octanol–water partition coefficient (Wildman–Crippen LogP) is 5.19. The number of likely N-dealkylation sites (N-methyl/N-ethyl adjacent to an activating group) is 1. The van der Waals surface area contributed by atoms with Crippen molar-refractivity contribution in [2.45, 2.75) is 109 Å². The Bertz CT molecular complexity index is 458. The second-order valence-corrected chi connectivity index (χ2v) is 9.99. The molecule has 2 N–H and O–H groups in total. The summed E-state index contributed by atoms with van der Waals surface area (Å²) in [6.07, 6.45) is 15.5. The van der Waals surface area contributed by atoms with Crippen LogP contribution in [0.15, 0.2) is 0 Å². The molecule has 0 saturated heterocycles. The third-order valence-electron chi connectivity index (χ3n) is 5.58. The van der Waals surface area contributed by atoms with Crippen molar-refractivity contribution in [2.24, 2.45) is 5.92 Å². The van der Waals surface area contributed by atoms with E-state index in [1.54, 1.807) is 0 Å². The third kappa shape index (κ3) is 14.6. The molecule has 0 saturated carbocycles. The normalized spacial score (nSPS) is 15.1. The van der Waals surface area contributed by atoms with Gasteiger partial charge in [-0.25, -0.2) is 0 Å². The van der Waals surface area contributed by atoms with Gasteiger partial charge in [-0.15, -0.1) is 0 Å². The highest BCUT2D eigenvalue weighted by molar-refractivity contribution is 5.92. The number of carbonyl (C=O) groups is 2. The van der Waals surface area contributed by atoms with Crippen LogP contribution in [0.2, 0.25) is 0 Å². The van der Waals surface area contributed by atoms with Crippen LogP contribution >= 0.6 is 0 Å². The number of rotatable bonds is 19. The molecule has 5 heteroatoms. The van der Waals surface area contributed by atoms with Crippen LogP contribution in [0.3, 0.4) is 0 Å². The average Bonchev–Trinajstić information content (AvgIpc) is 2.59. The van der Waals surface area contributed by atoms with Crippen molar-refractivity contribution < 1.29 is 24.3 Å². The topological polar surface area (TPSA) is 74.6 Å². The van der Waals surface area contributed by atoms with Crippen LogP contribution < -0.4 is 0 Å². The number of Topliss-reactive ketones (excluding diaryl/α,β-unsaturated/α-hetero) is 1. The lowest BCUT2D eigenvalue weighted by Gasteiger charge is -2.35. The summed E-state index contributed by atoms with van der Waals surface area (Å²) in [6.45, 7) is 4.18. The van der Waals surface area contributed by atoms with Crippen molar-refractivity contribution in [3.63, 3.8) is 0 Å². The van der Waals surface area contributed by atoms with E-state index >= 15 is 0 Å². The number of carboxylic acid groups (broad SMARTS) is 1. The summed E-state index contributed by atoms with van der Waals surface area (Å²) in [4.78, 5) is 24.0. The molecule has 0 radical (unpaired) electrons. The zero-order chi connectivity index (χ0) is 22.3. The Labute approximate surface area is 179 Å². The van der Waals surface area contributed by atoms with Crippen LogP contribution in [-0.4, -0.2) is 59.7 Å². The fraction of sp³-hybridized carbons (Fsp3) is 0.917. The largest absolute Gasteiger partial charge is 0.481 e. The second kappa shape index (κ2) is 15.0. The Morgan fingerprint density at radius 3 is 1.62 bits per heavy atom. The molecule has 0 spiro atoms. The van der Waals surface area contributed by atoms with Gasteiger partial charge in [0.2, 0.25) is 0 Å². The molecular weight excluding hydrogens is 366 g/mol.